The lowest BCUT2D eigenvalue weighted by atomic mass is 9.92. The van der Waals surface area contributed by atoms with Crippen LogP contribution >= 0.6 is 11.6 Å². The fourth-order valence-electron chi connectivity index (χ4n) is 4.96. The van der Waals surface area contributed by atoms with Gasteiger partial charge in [0.1, 0.15) is 12.1 Å². The van der Waals surface area contributed by atoms with Gasteiger partial charge in [0, 0.05) is 39.2 Å². The molecular formula is C26H22ClFN6O2. The van der Waals surface area contributed by atoms with Crippen molar-refractivity contribution in [3.8, 4) is 11.1 Å². The number of benzene rings is 2. The number of pyridine rings is 1. The number of fused-ring (bicyclic) bond motifs is 2. The number of hydrogen-bond acceptors (Lipinski definition) is 5. The number of amides is 2. The van der Waals surface area contributed by atoms with Crippen molar-refractivity contribution in [3.05, 3.63) is 82.5 Å². The van der Waals surface area contributed by atoms with Gasteiger partial charge in [0.05, 0.1) is 12.1 Å². The zero-order valence-corrected chi connectivity index (χ0v) is 19.8. The van der Waals surface area contributed by atoms with Crippen LogP contribution in [0.1, 0.15) is 46.8 Å². The summed E-state index contributed by atoms with van der Waals surface area (Å²) in [6.07, 6.45) is 5.99. The summed E-state index contributed by atoms with van der Waals surface area (Å²) in [5.41, 5.74) is 4.05. The highest BCUT2D eigenvalue weighted by atomic mass is 35.5. The molecule has 3 N–H and O–H groups in total. The van der Waals surface area contributed by atoms with E-state index in [0.29, 0.717) is 33.0 Å². The van der Waals surface area contributed by atoms with E-state index in [2.05, 4.69) is 26.0 Å². The summed E-state index contributed by atoms with van der Waals surface area (Å²) in [4.78, 5) is 30.5. The summed E-state index contributed by atoms with van der Waals surface area (Å²) in [6.45, 7) is 0.774. The number of carbonyl (C=O) groups excluding carboxylic acids is 2. The Bertz CT molecular complexity index is 1510. The summed E-state index contributed by atoms with van der Waals surface area (Å²) >= 11 is 6.41. The summed E-state index contributed by atoms with van der Waals surface area (Å²) in [5, 5.41) is 13.7. The van der Waals surface area contributed by atoms with Crippen molar-refractivity contribution in [1.82, 2.24) is 25.2 Å². The molecule has 0 aliphatic carbocycles. The Kier molecular flexibility index (Phi) is 5.66. The van der Waals surface area contributed by atoms with Crippen LogP contribution in [0.15, 0.2) is 55.0 Å². The second-order valence-corrected chi connectivity index (χ2v) is 9.44. The molecule has 0 saturated carbocycles. The number of hydrogen-bond donors (Lipinski definition) is 3. The van der Waals surface area contributed by atoms with Crippen LogP contribution in [-0.4, -0.2) is 39.0 Å². The quantitative estimate of drug-likeness (QED) is 0.388. The monoisotopic (exact) mass is 504 g/mol. The van der Waals surface area contributed by atoms with E-state index in [-0.39, 0.29) is 17.9 Å². The van der Waals surface area contributed by atoms with Crippen LogP contribution in [0.5, 0.6) is 0 Å². The highest BCUT2D eigenvalue weighted by Crippen LogP contribution is 2.41. The van der Waals surface area contributed by atoms with Crippen LogP contribution in [0, 0.1) is 5.82 Å². The van der Waals surface area contributed by atoms with Crippen LogP contribution in [0.3, 0.4) is 0 Å². The minimum absolute atomic E-state index is 0.177. The van der Waals surface area contributed by atoms with Gasteiger partial charge in [0.15, 0.2) is 5.65 Å². The molecule has 1 fully saturated rings. The first-order valence-electron chi connectivity index (χ1n) is 11.8. The predicted octanol–water partition coefficient (Wildman–Crippen LogP) is 4.10. The van der Waals surface area contributed by atoms with Crippen LogP contribution in [0.25, 0.3) is 16.8 Å². The highest BCUT2D eigenvalue weighted by Gasteiger charge is 2.35. The SMILES string of the molecule is O=C1N[C@H](c2cc(F)ccc2Cl)c2c(NC(=O)[C@@H]3CCCCN3)cc(-c3ccc4ncnn4c3)cc21. The number of anilines is 1. The third-order valence-corrected chi connectivity index (χ3v) is 7.09. The van der Waals surface area contributed by atoms with Crippen molar-refractivity contribution in [2.75, 3.05) is 11.9 Å². The normalized spacial score (nSPS) is 19.2. The number of carbonyl (C=O) groups is 2. The van der Waals surface area contributed by atoms with Crippen LogP contribution < -0.4 is 16.0 Å². The zero-order chi connectivity index (χ0) is 24.8. The molecule has 4 aromatic rings. The summed E-state index contributed by atoms with van der Waals surface area (Å²) in [7, 11) is 0. The molecule has 0 radical (unpaired) electrons. The van der Waals surface area contributed by atoms with E-state index in [1.807, 2.05) is 24.4 Å². The Labute approximate surface area is 210 Å². The minimum atomic E-state index is -0.711. The fraction of sp³-hybridized carbons (Fsp3) is 0.231. The molecule has 8 nitrogen and oxygen atoms in total. The standard InChI is InChI=1S/C26H22ClFN6O2/c27-19-6-5-16(28)11-17(19)24-23-18(25(35)33-24)9-15(14-4-7-22-30-13-31-34(22)12-14)10-21(23)32-26(36)20-3-1-2-8-29-20/h4-7,9-13,20,24,29H,1-3,8H2,(H,32,36)(H,33,35)/t20-,24+/m0/s1. The van der Waals surface area contributed by atoms with Crippen molar-refractivity contribution in [2.24, 2.45) is 0 Å². The van der Waals surface area contributed by atoms with Gasteiger partial charge in [-0.25, -0.2) is 13.9 Å². The van der Waals surface area contributed by atoms with E-state index in [4.69, 9.17) is 11.6 Å². The topological polar surface area (TPSA) is 100 Å². The molecule has 2 aliphatic heterocycles. The summed E-state index contributed by atoms with van der Waals surface area (Å²) in [6, 6.07) is 10.3. The van der Waals surface area contributed by atoms with Gasteiger partial charge in [-0.05, 0) is 67.4 Å². The number of piperidine rings is 1. The van der Waals surface area contributed by atoms with E-state index in [1.54, 1.807) is 10.6 Å². The van der Waals surface area contributed by atoms with Gasteiger partial charge in [-0.1, -0.05) is 18.0 Å². The average Bonchev–Trinajstić information content (AvgIpc) is 3.50. The van der Waals surface area contributed by atoms with Gasteiger partial charge < -0.3 is 16.0 Å². The van der Waals surface area contributed by atoms with Gasteiger partial charge >= 0.3 is 0 Å². The Balaban J connectivity index is 1.49. The number of rotatable bonds is 4. The Morgan fingerprint density at radius 3 is 2.86 bits per heavy atom. The second-order valence-electron chi connectivity index (χ2n) is 9.03. The lowest BCUT2D eigenvalue weighted by Gasteiger charge is -2.24. The lowest BCUT2D eigenvalue weighted by molar-refractivity contribution is -0.118. The van der Waals surface area contributed by atoms with Gasteiger partial charge in [-0.2, -0.15) is 5.10 Å². The van der Waals surface area contributed by atoms with E-state index in [9.17, 15) is 14.0 Å². The average molecular weight is 505 g/mol. The lowest BCUT2D eigenvalue weighted by Crippen LogP contribution is -2.43. The molecule has 6 rings (SSSR count). The fourth-order valence-corrected chi connectivity index (χ4v) is 5.18. The molecule has 2 aromatic carbocycles. The van der Waals surface area contributed by atoms with Gasteiger partial charge in [-0.15, -0.1) is 0 Å². The minimum Gasteiger partial charge on any atom is -0.341 e. The molecule has 2 aliphatic rings. The molecule has 0 unspecified atom stereocenters. The van der Waals surface area contributed by atoms with Gasteiger partial charge in [-0.3, -0.25) is 9.59 Å². The van der Waals surface area contributed by atoms with Crippen molar-refractivity contribution in [2.45, 2.75) is 31.3 Å². The maximum Gasteiger partial charge on any atom is 0.252 e. The first-order valence-corrected chi connectivity index (χ1v) is 12.1. The number of aromatic nitrogens is 3. The van der Waals surface area contributed by atoms with E-state index in [0.717, 1.165) is 36.9 Å². The molecule has 0 bridgehead atoms. The van der Waals surface area contributed by atoms with E-state index < -0.39 is 11.9 Å². The Morgan fingerprint density at radius 2 is 2.03 bits per heavy atom. The van der Waals surface area contributed by atoms with Gasteiger partial charge in [0.25, 0.3) is 5.91 Å². The Hall–Kier alpha value is -3.82. The highest BCUT2D eigenvalue weighted by molar-refractivity contribution is 6.31. The summed E-state index contributed by atoms with van der Waals surface area (Å²) < 4.78 is 15.8. The predicted molar refractivity (Wildman–Crippen MR) is 133 cm³/mol. The first-order chi connectivity index (χ1) is 17.5. The first kappa shape index (κ1) is 22.6. The molecule has 1 saturated heterocycles. The van der Waals surface area contributed by atoms with E-state index in [1.165, 1.54) is 24.5 Å². The van der Waals surface area contributed by atoms with Crippen LogP contribution in [-0.2, 0) is 4.79 Å². The molecule has 10 heteroatoms. The summed E-state index contributed by atoms with van der Waals surface area (Å²) in [5.74, 6) is -0.971. The molecule has 2 aromatic heterocycles. The van der Waals surface area contributed by atoms with Crippen molar-refractivity contribution in [3.63, 3.8) is 0 Å². The number of nitrogens with one attached hydrogen (secondary N) is 3. The van der Waals surface area contributed by atoms with Gasteiger partial charge in [0.2, 0.25) is 5.91 Å². The molecule has 36 heavy (non-hydrogen) atoms. The molecule has 2 amide bonds. The zero-order valence-electron chi connectivity index (χ0n) is 19.1. The van der Waals surface area contributed by atoms with Crippen molar-refractivity contribution >= 4 is 34.7 Å². The largest absolute Gasteiger partial charge is 0.341 e. The maximum absolute atomic E-state index is 14.2. The molecule has 4 heterocycles. The molecule has 2 atom stereocenters. The van der Waals surface area contributed by atoms with Crippen molar-refractivity contribution < 1.29 is 14.0 Å². The van der Waals surface area contributed by atoms with E-state index >= 15 is 0 Å². The third-order valence-electron chi connectivity index (χ3n) is 6.75. The molecule has 0 spiro atoms. The maximum atomic E-state index is 14.2. The number of halogens is 2. The molecule has 182 valence electrons. The Morgan fingerprint density at radius 1 is 1.14 bits per heavy atom. The van der Waals surface area contributed by atoms with Crippen LogP contribution in [0.2, 0.25) is 5.02 Å². The smallest absolute Gasteiger partial charge is 0.252 e. The van der Waals surface area contributed by atoms with Crippen molar-refractivity contribution in [1.29, 1.82) is 0 Å². The van der Waals surface area contributed by atoms with Crippen LogP contribution in [0.4, 0.5) is 10.1 Å². The third kappa shape index (κ3) is 4.00. The molecular weight excluding hydrogens is 483 g/mol. The second kappa shape index (κ2) is 9.00. The number of nitrogens with zero attached hydrogens (tertiary/aromatic N) is 3.